The minimum Gasteiger partial charge on any atom is -0.465 e. The number of halogens is 3. The summed E-state index contributed by atoms with van der Waals surface area (Å²) in [5.74, 6) is -1.85. The van der Waals surface area contributed by atoms with Crippen LogP contribution in [0.15, 0.2) is 24.5 Å². The van der Waals surface area contributed by atoms with E-state index in [-0.39, 0.29) is 18.8 Å². The molecular formula is C21H29F3N6O4. The number of amides is 2. The monoisotopic (exact) mass is 486 g/mol. The average molecular weight is 486 g/mol. The highest BCUT2D eigenvalue weighted by atomic mass is 19.4. The van der Waals surface area contributed by atoms with Gasteiger partial charge in [0.2, 0.25) is 5.78 Å². The molecular weight excluding hydrogens is 457 g/mol. The van der Waals surface area contributed by atoms with Crippen molar-refractivity contribution in [2.24, 2.45) is 5.41 Å². The van der Waals surface area contributed by atoms with Crippen molar-refractivity contribution in [3.05, 3.63) is 30.2 Å². The second kappa shape index (κ2) is 10.7. The van der Waals surface area contributed by atoms with Crippen molar-refractivity contribution in [1.82, 2.24) is 24.9 Å². The molecule has 0 saturated heterocycles. The Bertz CT molecular complexity index is 987. The number of carboxylic acid groups (broad SMARTS) is 1. The molecule has 0 saturated carbocycles. The van der Waals surface area contributed by atoms with Crippen LogP contribution in [0.2, 0.25) is 0 Å². The predicted molar refractivity (Wildman–Crippen MR) is 116 cm³/mol. The molecule has 0 aliphatic carbocycles. The third kappa shape index (κ3) is 6.35. The summed E-state index contributed by atoms with van der Waals surface area (Å²) >= 11 is 0. The second-order valence-electron chi connectivity index (χ2n) is 8.60. The van der Waals surface area contributed by atoms with Gasteiger partial charge < -0.3 is 10.4 Å². The van der Waals surface area contributed by atoms with Crippen LogP contribution >= 0.6 is 0 Å². The molecule has 0 unspecified atom stereocenters. The van der Waals surface area contributed by atoms with Crippen molar-refractivity contribution in [2.45, 2.75) is 71.8 Å². The van der Waals surface area contributed by atoms with Gasteiger partial charge in [-0.15, -0.1) is 0 Å². The third-order valence-electron chi connectivity index (χ3n) is 5.55. The van der Waals surface area contributed by atoms with Crippen molar-refractivity contribution in [2.75, 3.05) is 5.32 Å². The number of aromatic nitrogens is 4. The van der Waals surface area contributed by atoms with Crippen LogP contribution in [0.5, 0.6) is 0 Å². The van der Waals surface area contributed by atoms with Crippen LogP contribution in [-0.4, -0.2) is 59.9 Å². The Morgan fingerprint density at radius 1 is 1.24 bits per heavy atom. The van der Waals surface area contributed by atoms with Crippen LogP contribution in [-0.2, 0) is 22.3 Å². The molecule has 2 atom stereocenters. The lowest BCUT2D eigenvalue weighted by Crippen LogP contribution is -2.59. The summed E-state index contributed by atoms with van der Waals surface area (Å²) in [6, 6.07) is -0.102. The van der Waals surface area contributed by atoms with Crippen molar-refractivity contribution < 1.29 is 32.7 Å². The molecule has 2 aromatic rings. The third-order valence-corrected chi connectivity index (χ3v) is 5.55. The van der Waals surface area contributed by atoms with Crippen LogP contribution in [0.3, 0.4) is 0 Å². The summed E-state index contributed by atoms with van der Waals surface area (Å²) in [4.78, 5) is 39.3. The minimum atomic E-state index is -4.65. The van der Waals surface area contributed by atoms with Crippen LogP contribution < -0.4 is 5.32 Å². The van der Waals surface area contributed by atoms with Gasteiger partial charge in [0, 0.05) is 12.3 Å². The van der Waals surface area contributed by atoms with Gasteiger partial charge in [-0.2, -0.15) is 23.4 Å². The smallest absolute Gasteiger partial charge is 0.435 e. The SMILES string of the molecule is CCCC(C)(C)[C@@H](C(=O)C(=O)Nc1ccn[nH]1)N(C(=O)O)[C@@H](CC)Cn1ccc(C(F)(F)F)n1. The number of hydrogen-bond donors (Lipinski definition) is 3. The number of Topliss-reactive ketones (excluding diaryl/α,β-unsaturated/α-hetero) is 1. The summed E-state index contributed by atoms with van der Waals surface area (Å²) in [6.45, 7) is 6.64. The molecule has 3 N–H and O–H groups in total. The van der Waals surface area contributed by atoms with E-state index in [1.165, 1.54) is 12.3 Å². The molecule has 2 heterocycles. The summed E-state index contributed by atoms with van der Waals surface area (Å²) in [7, 11) is 0. The van der Waals surface area contributed by atoms with Crippen LogP contribution in [0.25, 0.3) is 0 Å². The fourth-order valence-corrected chi connectivity index (χ4v) is 3.99. The van der Waals surface area contributed by atoms with Gasteiger partial charge in [0.15, 0.2) is 5.69 Å². The van der Waals surface area contributed by atoms with Gasteiger partial charge in [-0.1, -0.05) is 34.1 Å². The quantitative estimate of drug-likeness (QED) is 0.414. The van der Waals surface area contributed by atoms with E-state index < -0.39 is 47.2 Å². The fourth-order valence-electron chi connectivity index (χ4n) is 3.99. The van der Waals surface area contributed by atoms with E-state index in [1.54, 1.807) is 20.8 Å². The molecule has 0 aliphatic rings. The Morgan fingerprint density at radius 3 is 2.38 bits per heavy atom. The molecule has 0 aromatic carbocycles. The Balaban J connectivity index is 2.43. The number of H-pyrrole nitrogens is 1. The zero-order chi connectivity index (χ0) is 25.7. The van der Waals surface area contributed by atoms with Crippen LogP contribution in [0.4, 0.5) is 23.8 Å². The number of rotatable bonds is 11. The standard InChI is InChI=1S/C21H29F3N6O4/c1-5-9-20(3,4)17(16(31)18(32)26-15-7-10-25-27-15)30(19(33)34)13(6-2)12-29-11-8-14(28-29)21(22,23)24/h7-8,10-11,13,17H,5-6,9,12H2,1-4H3,(H,33,34)(H2,25,26,27,32)/t13-,17+/m0/s1. The Hall–Kier alpha value is -3.38. The number of alkyl halides is 3. The molecule has 0 fully saturated rings. The summed E-state index contributed by atoms with van der Waals surface area (Å²) in [6.07, 6.45) is -2.45. The number of nitrogens with zero attached hydrogens (tertiary/aromatic N) is 4. The normalized spacial score (nSPS) is 13.9. The Morgan fingerprint density at radius 2 is 1.91 bits per heavy atom. The van der Waals surface area contributed by atoms with Crippen molar-refractivity contribution in [1.29, 1.82) is 0 Å². The first-order chi connectivity index (χ1) is 15.8. The number of carbonyl (C=O) groups is 3. The molecule has 188 valence electrons. The summed E-state index contributed by atoms with van der Waals surface area (Å²) < 4.78 is 39.8. The van der Waals surface area contributed by atoms with Gasteiger partial charge in [-0.25, -0.2) is 4.79 Å². The largest absolute Gasteiger partial charge is 0.465 e. The topological polar surface area (TPSA) is 133 Å². The first-order valence-corrected chi connectivity index (χ1v) is 10.8. The van der Waals surface area contributed by atoms with E-state index in [0.29, 0.717) is 12.8 Å². The second-order valence-corrected chi connectivity index (χ2v) is 8.60. The highest BCUT2D eigenvalue weighted by molar-refractivity contribution is 6.42. The van der Waals surface area contributed by atoms with E-state index in [4.69, 9.17) is 0 Å². The molecule has 2 rings (SSSR count). The molecule has 0 aliphatic heterocycles. The predicted octanol–water partition coefficient (Wildman–Crippen LogP) is 3.79. The van der Waals surface area contributed by atoms with E-state index in [0.717, 1.165) is 21.8 Å². The van der Waals surface area contributed by atoms with Gasteiger partial charge >= 0.3 is 12.3 Å². The summed E-state index contributed by atoms with van der Waals surface area (Å²) in [5, 5.41) is 22.1. The molecule has 2 amide bonds. The molecule has 0 bridgehead atoms. The number of aromatic amines is 1. The van der Waals surface area contributed by atoms with Gasteiger partial charge in [-0.05, 0) is 24.3 Å². The highest BCUT2D eigenvalue weighted by Crippen LogP contribution is 2.34. The maximum absolute atomic E-state index is 13.3. The van der Waals surface area contributed by atoms with E-state index in [1.807, 2.05) is 6.92 Å². The fraction of sp³-hybridized carbons (Fsp3) is 0.571. The number of ketones is 1. The van der Waals surface area contributed by atoms with Crippen LogP contribution in [0, 0.1) is 5.41 Å². The molecule has 0 radical (unpaired) electrons. The molecule has 0 spiro atoms. The first kappa shape index (κ1) is 26.9. The summed E-state index contributed by atoms with van der Waals surface area (Å²) in [5.41, 5.74) is -2.06. The van der Waals surface area contributed by atoms with Gasteiger partial charge in [0.25, 0.3) is 5.91 Å². The lowest BCUT2D eigenvalue weighted by molar-refractivity contribution is -0.142. The molecule has 2 aromatic heterocycles. The lowest BCUT2D eigenvalue weighted by atomic mass is 9.76. The van der Waals surface area contributed by atoms with E-state index in [2.05, 4.69) is 20.6 Å². The van der Waals surface area contributed by atoms with Gasteiger partial charge in [-0.3, -0.25) is 24.3 Å². The maximum atomic E-state index is 13.3. The first-order valence-electron chi connectivity index (χ1n) is 10.8. The minimum absolute atomic E-state index is 0.163. The number of anilines is 1. The molecule has 10 nitrogen and oxygen atoms in total. The van der Waals surface area contributed by atoms with Gasteiger partial charge in [0.05, 0.1) is 18.8 Å². The van der Waals surface area contributed by atoms with E-state index in [9.17, 15) is 32.7 Å². The van der Waals surface area contributed by atoms with E-state index >= 15 is 0 Å². The number of hydrogen-bond acceptors (Lipinski definition) is 5. The maximum Gasteiger partial charge on any atom is 0.435 e. The van der Waals surface area contributed by atoms with Crippen LogP contribution in [0.1, 0.15) is 52.7 Å². The van der Waals surface area contributed by atoms with Crippen molar-refractivity contribution in [3.63, 3.8) is 0 Å². The number of nitrogens with one attached hydrogen (secondary N) is 2. The Labute approximate surface area is 194 Å². The van der Waals surface area contributed by atoms with Crippen molar-refractivity contribution >= 4 is 23.6 Å². The van der Waals surface area contributed by atoms with Crippen molar-refractivity contribution in [3.8, 4) is 0 Å². The highest BCUT2D eigenvalue weighted by Gasteiger charge is 2.46. The molecule has 13 heteroatoms. The Kier molecular flexibility index (Phi) is 8.46. The average Bonchev–Trinajstić information content (AvgIpc) is 3.41. The number of carbonyl (C=O) groups excluding carboxylic acids is 2. The van der Waals surface area contributed by atoms with Gasteiger partial charge in [0.1, 0.15) is 11.9 Å². The molecule has 34 heavy (non-hydrogen) atoms. The zero-order valence-corrected chi connectivity index (χ0v) is 19.4. The lowest BCUT2D eigenvalue weighted by Gasteiger charge is -2.42. The zero-order valence-electron chi connectivity index (χ0n) is 19.4.